The maximum atomic E-state index is 14.3. The molecule has 168 valence electrons. The first-order chi connectivity index (χ1) is 16.4. The number of amides is 1. The number of aryl methyl sites for hydroxylation is 1. The van der Waals surface area contributed by atoms with Crippen molar-refractivity contribution in [2.45, 2.75) is 11.8 Å². The van der Waals surface area contributed by atoms with Gasteiger partial charge in [0.25, 0.3) is 15.9 Å². The number of carbonyl (C=O) groups is 1. The van der Waals surface area contributed by atoms with Gasteiger partial charge in [-0.25, -0.2) is 13.4 Å². The molecular weight excluding hydrogens is 468 g/mol. The van der Waals surface area contributed by atoms with Crippen LogP contribution < -0.4 is 4.31 Å². The summed E-state index contributed by atoms with van der Waals surface area (Å²) in [5, 5.41) is 1.26. The van der Waals surface area contributed by atoms with Crippen LogP contribution >= 0.6 is 11.6 Å². The first kappa shape index (κ1) is 22.1. The Morgan fingerprint density at radius 3 is 1.88 bits per heavy atom. The summed E-state index contributed by atoms with van der Waals surface area (Å²) < 4.78 is 28.6. The van der Waals surface area contributed by atoms with Crippen LogP contribution in [0.5, 0.6) is 0 Å². The van der Waals surface area contributed by atoms with E-state index < -0.39 is 15.9 Å². The molecule has 0 saturated heterocycles. The lowest BCUT2D eigenvalue weighted by Crippen LogP contribution is -2.37. The van der Waals surface area contributed by atoms with Crippen LogP contribution in [0.15, 0.2) is 102 Å². The van der Waals surface area contributed by atoms with E-state index in [1.54, 1.807) is 66.7 Å². The van der Waals surface area contributed by atoms with Crippen LogP contribution in [0.1, 0.15) is 15.9 Å². The summed E-state index contributed by atoms with van der Waals surface area (Å²) in [6, 6.07) is 27.2. The normalized spacial score (nSPS) is 11.6. The number of para-hydroxylation sites is 3. The number of nitrogens with zero attached hydrogens (tertiary/aromatic N) is 2. The van der Waals surface area contributed by atoms with Crippen LogP contribution in [0.25, 0.3) is 21.8 Å². The van der Waals surface area contributed by atoms with Gasteiger partial charge >= 0.3 is 0 Å². The Kier molecular flexibility index (Phi) is 5.55. The number of fused-ring (bicyclic) bond motifs is 2. The summed E-state index contributed by atoms with van der Waals surface area (Å²) in [6.45, 7) is 1.86. The van der Waals surface area contributed by atoms with Crippen LogP contribution in [0.4, 0.5) is 5.69 Å². The maximum absolute atomic E-state index is 14.3. The molecule has 0 unspecified atom stereocenters. The van der Waals surface area contributed by atoms with Crippen molar-refractivity contribution in [3.63, 3.8) is 0 Å². The Morgan fingerprint density at radius 2 is 1.29 bits per heavy atom. The average molecular weight is 487 g/mol. The van der Waals surface area contributed by atoms with Crippen molar-refractivity contribution >= 4 is 55.0 Å². The molecule has 0 atom stereocenters. The molecule has 7 heteroatoms. The van der Waals surface area contributed by atoms with E-state index in [9.17, 15) is 13.2 Å². The van der Waals surface area contributed by atoms with Gasteiger partial charge in [0.15, 0.2) is 0 Å². The first-order valence-electron chi connectivity index (χ1n) is 10.6. The third-order valence-corrected chi connectivity index (χ3v) is 7.65. The van der Waals surface area contributed by atoms with Gasteiger partial charge in [0, 0.05) is 10.8 Å². The highest BCUT2D eigenvalue weighted by Gasteiger charge is 2.35. The number of pyridine rings is 1. The molecule has 0 radical (unpaired) electrons. The van der Waals surface area contributed by atoms with Gasteiger partial charge in [-0.15, -0.1) is 0 Å². The molecule has 0 fully saturated rings. The number of rotatable bonds is 4. The highest BCUT2D eigenvalue weighted by Crippen LogP contribution is 2.35. The van der Waals surface area contributed by atoms with E-state index in [0.29, 0.717) is 21.8 Å². The van der Waals surface area contributed by atoms with Crippen molar-refractivity contribution in [2.75, 3.05) is 4.31 Å². The molecule has 0 aliphatic heterocycles. The first-order valence-corrected chi connectivity index (χ1v) is 12.4. The fourth-order valence-electron chi connectivity index (χ4n) is 3.95. The Morgan fingerprint density at radius 1 is 0.765 bits per heavy atom. The van der Waals surface area contributed by atoms with Gasteiger partial charge in [-0.2, -0.15) is 4.31 Å². The van der Waals surface area contributed by atoms with Crippen molar-refractivity contribution in [2.24, 2.45) is 0 Å². The molecule has 0 aliphatic carbocycles. The van der Waals surface area contributed by atoms with Gasteiger partial charge in [-0.1, -0.05) is 77.8 Å². The van der Waals surface area contributed by atoms with Crippen LogP contribution in [0.2, 0.25) is 5.02 Å². The van der Waals surface area contributed by atoms with E-state index in [2.05, 4.69) is 4.98 Å². The topological polar surface area (TPSA) is 67.3 Å². The molecule has 5 nitrogen and oxygen atoms in total. The van der Waals surface area contributed by atoms with E-state index >= 15 is 0 Å². The van der Waals surface area contributed by atoms with Crippen LogP contribution in [0.3, 0.4) is 0 Å². The molecule has 0 N–H and O–H groups in total. The summed E-state index contributed by atoms with van der Waals surface area (Å²) in [5.74, 6) is -0.705. The van der Waals surface area contributed by atoms with Gasteiger partial charge in [0.05, 0.1) is 32.2 Å². The van der Waals surface area contributed by atoms with Crippen LogP contribution in [-0.4, -0.2) is 19.3 Å². The second-order valence-corrected chi connectivity index (χ2v) is 10.1. The monoisotopic (exact) mass is 486 g/mol. The average Bonchev–Trinajstić information content (AvgIpc) is 2.84. The lowest BCUT2D eigenvalue weighted by Gasteiger charge is -2.25. The number of hydrogen-bond acceptors (Lipinski definition) is 4. The maximum Gasteiger partial charge on any atom is 0.273 e. The van der Waals surface area contributed by atoms with Crippen molar-refractivity contribution in [3.8, 4) is 0 Å². The predicted molar refractivity (Wildman–Crippen MR) is 136 cm³/mol. The second-order valence-electron chi connectivity index (χ2n) is 7.86. The summed E-state index contributed by atoms with van der Waals surface area (Å²) in [7, 11) is -4.30. The van der Waals surface area contributed by atoms with Gasteiger partial charge in [-0.05, 0) is 43.3 Å². The van der Waals surface area contributed by atoms with Gasteiger partial charge in [-0.3, -0.25) is 4.79 Å². The summed E-state index contributed by atoms with van der Waals surface area (Å²) in [6.07, 6.45) is 0. The molecule has 34 heavy (non-hydrogen) atoms. The highest BCUT2D eigenvalue weighted by molar-refractivity contribution is 7.93. The third-order valence-electron chi connectivity index (χ3n) is 5.62. The molecular formula is C27H19ClN2O3S. The fraction of sp³-hybridized carbons (Fsp3) is 0.0370. The number of anilines is 1. The van der Waals surface area contributed by atoms with Gasteiger partial charge in [0.2, 0.25) is 0 Å². The zero-order chi connectivity index (χ0) is 23.9. The molecule has 0 saturated carbocycles. The predicted octanol–water partition coefficient (Wildman–Crippen LogP) is 6.39. The summed E-state index contributed by atoms with van der Waals surface area (Å²) in [5.41, 5.74) is 2.42. The van der Waals surface area contributed by atoms with E-state index in [-0.39, 0.29) is 21.2 Å². The molecule has 0 spiro atoms. The molecule has 0 bridgehead atoms. The third kappa shape index (κ3) is 3.71. The number of aromatic nitrogens is 1. The number of carbonyl (C=O) groups excluding carboxylic acids is 1. The molecule has 5 aromatic rings. The van der Waals surface area contributed by atoms with Gasteiger partial charge in [0.1, 0.15) is 0 Å². The van der Waals surface area contributed by atoms with E-state index in [0.717, 1.165) is 9.87 Å². The van der Waals surface area contributed by atoms with Crippen molar-refractivity contribution in [1.82, 2.24) is 4.98 Å². The van der Waals surface area contributed by atoms with E-state index in [1.165, 1.54) is 18.2 Å². The van der Waals surface area contributed by atoms with Crippen molar-refractivity contribution < 1.29 is 13.2 Å². The Labute approximate surface area is 202 Å². The van der Waals surface area contributed by atoms with E-state index in [1.807, 2.05) is 19.1 Å². The summed E-state index contributed by atoms with van der Waals surface area (Å²) in [4.78, 5) is 18.9. The molecule has 0 aliphatic rings. The number of benzene rings is 4. The van der Waals surface area contributed by atoms with Crippen LogP contribution in [0, 0.1) is 6.92 Å². The molecule has 5 rings (SSSR count). The molecule has 4 aromatic carbocycles. The molecule has 1 heterocycles. The highest BCUT2D eigenvalue weighted by atomic mass is 35.5. The number of halogens is 1. The zero-order valence-corrected chi connectivity index (χ0v) is 19.7. The lowest BCUT2D eigenvalue weighted by molar-refractivity contribution is 0.101. The molecule has 1 amide bonds. The minimum atomic E-state index is -4.30. The summed E-state index contributed by atoms with van der Waals surface area (Å²) >= 11 is 6.44. The minimum Gasteiger partial charge on any atom is -0.268 e. The van der Waals surface area contributed by atoms with Gasteiger partial charge < -0.3 is 0 Å². The van der Waals surface area contributed by atoms with Crippen molar-refractivity contribution in [1.29, 1.82) is 0 Å². The fourth-order valence-corrected chi connectivity index (χ4v) is 5.64. The zero-order valence-electron chi connectivity index (χ0n) is 18.1. The second kappa shape index (κ2) is 8.56. The number of sulfonamides is 1. The molecule has 1 aromatic heterocycles. The quantitative estimate of drug-likeness (QED) is 0.276. The smallest absolute Gasteiger partial charge is 0.268 e. The van der Waals surface area contributed by atoms with Crippen molar-refractivity contribution in [3.05, 3.63) is 113 Å². The number of hydrogen-bond donors (Lipinski definition) is 0. The Bertz CT molecular complexity index is 1610. The lowest BCUT2D eigenvalue weighted by atomic mass is 10.0. The SMILES string of the molecule is Cc1ccc(S(=O)(=O)N(C(=O)c2c3ccccc3nc3ccccc23)c2ccccc2Cl)cc1. The minimum absolute atomic E-state index is 0.00552. The standard InChI is InChI=1S/C27H19ClN2O3S/c1-18-14-16-19(17-15-18)34(32,33)30(25-13-7-4-10-22(25)28)27(31)26-20-8-2-5-11-23(20)29-24-12-6-3-9-21(24)26/h2-17H,1H3. The Hall–Kier alpha value is -3.74. The van der Waals surface area contributed by atoms with Crippen LogP contribution in [-0.2, 0) is 10.0 Å². The Balaban J connectivity index is 1.83. The van der Waals surface area contributed by atoms with E-state index in [4.69, 9.17) is 11.6 Å². The largest absolute Gasteiger partial charge is 0.273 e.